The van der Waals surface area contributed by atoms with Gasteiger partial charge in [0.2, 0.25) is 0 Å². The number of piperidine rings is 2. The fraction of sp³-hybridized carbons (Fsp3) is 0.939. The van der Waals surface area contributed by atoms with Crippen molar-refractivity contribution < 1.29 is 14.9 Å². The van der Waals surface area contributed by atoms with E-state index in [1.807, 2.05) is 0 Å². The Morgan fingerprint density at radius 3 is 2.68 bits per heavy atom. The molecule has 2 N–H and O–H groups in total. The first kappa shape index (κ1) is 23.2. The summed E-state index contributed by atoms with van der Waals surface area (Å²) < 4.78 is 6.96. The molecule has 2 spiro atoms. The lowest BCUT2D eigenvalue weighted by atomic mass is 9.40. The molecular formula is C33H49NO3. The van der Waals surface area contributed by atoms with E-state index in [-0.39, 0.29) is 17.8 Å². The Morgan fingerprint density at radius 2 is 1.76 bits per heavy atom. The third kappa shape index (κ3) is 2.77. The average Bonchev–Trinajstić information content (AvgIpc) is 3.21. The van der Waals surface area contributed by atoms with Crippen LogP contribution < -0.4 is 0 Å². The van der Waals surface area contributed by atoms with Gasteiger partial charge in [0.15, 0.2) is 0 Å². The number of hydrogen-bond acceptors (Lipinski definition) is 4. The van der Waals surface area contributed by atoms with Crippen LogP contribution in [0.4, 0.5) is 0 Å². The highest BCUT2D eigenvalue weighted by Crippen LogP contribution is 2.77. The van der Waals surface area contributed by atoms with Crippen molar-refractivity contribution >= 4 is 0 Å². The fourth-order valence-corrected chi connectivity index (χ4v) is 14.4. The second kappa shape index (κ2) is 7.58. The van der Waals surface area contributed by atoms with Gasteiger partial charge in [-0.1, -0.05) is 13.3 Å². The number of aliphatic hydroxyl groups excluding tert-OH is 2. The van der Waals surface area contributed by atoms with Crippen LogP contribution in [-0.2, 0) is 4.74 Å². The molecule has 2 saturated heterocycles. The molecular weight excluding hydrogens is 458 g/mol. The van der Waals surface area contributed by atoms with Gasteiger partial charge >= 0.3 is 0 Å². The highest BCUT2D eigenvalue weighted by atomic mass is 16.5. The van der Waals surface area contributed by atoms with Gasteiger partial charge in [-0.3, -0.25) is 4.90 Å². The molecule has 0 aromatic carbocycles. The van der Waals surface area contributed by atoms with Gasteiger partial charge in [-0.25, -0.2) is 0 Å². The molecule has 4 nitrogen and oxygen atoms in total. The molecule has 6 saturated carbocycles. The highest BCUT2D eigenvalue weighted by Gasteiger charge is 2.74. The smallest absolute Gasteiger partial charge is 0.127 e. The third-order valence-corrected chi connectivity index (χ3v) is 15.1. The number of aliphatic hydroxyl groups is 2. The lowest BCUT2D eigenvalue weighted by Gasteiger charge is -2.68. The quantitative estimate of drug-likeness (QED) is 0.462. The van der Waals surface area contributed by atoms with Crippen LogP contribution >= 0.6 is 0 Å². The number of rotatable bonds is 0. The second-order valence-electron chi connectivity index (χ2n) is 16.1. The monoisotopic (exact) mass is 507 g/mol. The number of fused-ring (bicyclic) bond motifs is 4. The van der Waals surface area contributed by atoms with Crippen LogP contribution in [0.5, 0.6) is 0 Å². The largest absolute Gasteiger partial charge is 0.493 e. The van der Waals surface area contributed by atoms with Crippen LogP contribution in [0.2, 0.25) is 0 Å². The van der Waals surface area contributed by atoms with Crippen LogP contribution in [0.3, 0.4) is 0 Å². The summed E-state index contributed by atoms with van der Waals surface area (Å²) in [5.41, 5.74) is 0.737. The standard InChI is InChI=1S/C33H49NO3/c1-19-3-4-29-33-15-20(6-10-37-33)11-21-12-25-23(24(30(21)33)18-34(29)17-19)14-28-31-7-2-8-32(25,28)16-27(36)26(31)13-22(35)5-9-31/h6,10,19-30,35-36H,2-5,7-9,11-18H2,1H3/t19-,20-,21+,22-,23+,24-,25+,26+,27-,28+,29-,30-,31-,32-,33+/m0/s1. The van der Waals surface area contributed by atoms with E-state index in [4.69, 9.17) is 4.74 Å². The zero-order chi connectivity index (χ0) is 24.7. The minimum Gasteiger partial charge on any atom is -0.493 e. The topological polar surface area (TPSA) is 52.9 Å². The van der Waals surface area contributed by atoms with Gasteiger partial charge in [0.25, 0.3) is 0 Å². The van der Waals surface area contributed by atoms with E-state index in [2.05, 4.69) is 24.2 Å². The Labute approximate surface area is 223 Å². The molecule has 0 unspecified atom stereocenters. The summed E-state index contributed by atoms with van der Waals surface area (Å²) in [5.74, 6) is 6.61. The predicted octanol–water partition coefficient (Wildman–Crippen LogP) is 5.38. The van der Waals surface area contributed by atoms with Gasteiger partial charge in [0.1, 0.15) is 5.60 Å². The van der Waals surface area contributed by atoms with Crippen LogP contribution in [0.1, 0.15) is 90.4 Å². The molecule has 0 aromatic heterocycles. The van der Waals surface area contributed by atoms with Crippen molar-refractivity contribution in [2.75, 3.05) is 13.1 Å². The van der Waals surface area contributed by atoms with Crippen molar-refractivity contribution in [2.24, 2.45) is 64.1 Å². The van der Waals surface area contributed by atoms with E-state index in [1.165, 1.54) is 77.3 Å². The van der Waals surface area contributed by atoms with E-state index in [0.29, 0.717) is 28.7 Å². The summed E-state index contributed by atoms with van der Waals surface area (Å²) >= 11 is 0. The Morgan fingerprint density at radius 1 is 0.865 bits per heavy atom. The Bertz CT molecular complexity index is 998. The minimum atomic E-state index is -0.190. The van der Waals surface area contributed by atoms with Gasteiger partial charge in [-0.05, 0) is 141 Å². The Balaban J connectivity index is 1.15. The first-order valence-electron chi connectivity index (χ1n) is 16.4. The first-order chi connectivity index (χ1) is 17.9. The predicted molar refractivity (Wildman–Crippen MR) is 142 cm³/mol. The molecule has 3 heterocycles. The number of hydrogen-bond donors (Lipinski definition) is 2. The van der Waals surface area contributed by atoms with Gasteiger partial charge in [-0.15, -0.1) is 0 Å². The van der Waals surface area contributed by atoms with Crippen molar-refractivity contribution in [1.29, 1.82) is 0 Å². The summed E-state index contributed by atoms with van der Waals surface area (Å²) in [6.45, 7) is 5.06. The normalized spacial score (nSPS) is 63.3. The van der Waals surface area contributed by atoms with Crippen LogP contribution in [0.25, 0.3) is 0 Å². The first-order valence-corrected chi connectivity index (χ1v) is 16.4. The van der Waals surface area contributed by atoms with E-state index in [9.17, 15) is 10.2 Å². The maximum Gasteiger partial charge on any atom is 0.127 e. The molecule has 0 amide bonds. The van der Waals surface area contributed by atoms with Gasteiger partial charge in [-0.2, -0.15) is 0 Å². The molecule has 37 heavy (non-hydrogen) atoms. The van der Waals surface area contributed by atoms with E-state index in [0.717, 1.165) is 60.7 Å². The molecule has 15 atom stereocenters. The fourth-order valence-electron chi connectivity index (χ4n) is 14.4. The molecule has 204 valence electrons. The zero-order valence-electron chi connectivity index (χ0n) is 22.9. The lowest BCUT2D eigenvalue weighted by Crippen LogP contribution is -2.73. The van der Waals surface area contributed by atoms with Crippen molar-refractivity contribution in [3.05, 3.63) is 12.3 Å². The number of nitrogens with zero attached hydrogens (tertiary/aromatic N) is 1. The minimum absolute atomic E-state index is 0.0617. The van der Waals surface area contributed by atoms with Crippen molar-refractivity contribution in [2.45, 2.75) is 114 Å². The van der Waals surface area contributed by atoms with Crippen molar-refractivity contribution in [3.8, 4) is 0 Å². The average molecular weight is 508 g/mol. The van der Waals surface area contributed by atoms with Gasteiger partial charge in [0.05, 0.1) is 18.5 Å². The lowest BCUT2D eigenvalue weighted by molar-refractivity contribution is -0.241. The summed E-state index contributed by atoms with van der Waals surface area (Å²) in [4.78, 5) is 2.94. The summed E-state index contributed by atoms with van der Waals surface area (Å²) in [7, 11) is 0. The van der Waals surface area contributed by atoms with Gasteiger partial charge in [0, 0.05) is 25.0 Å². The SMILES string of the molecule is C[C@H]1CC[C@@H]2N(C1)C[C@H]1[C@H]3C[C@H]4[C@]5(CCC[C@@]46CC[C@H](O)C[C@@H]6[C@@H](O)C5)[C@@H]3C[C@H]3C[C@@H]4C=CO[C@@]2(C4)[C@@H]31. The van der Waals surface area contributed by atoms with Crippen LogP contribution in [-0.4, -0.2) is 52.1 Å². The molecule has 3 aliphatic heterocycles. The summed E-state index contributed by atoms with van der Waals surface area (Å²) in [5, 5.41) is 22.4. The molecule has 0 aromatic rings. The van der Waals surface area contributed by atoms with E-state index < -0.39 is 0 Å². The molecule has 8 fully saturated rings. The van der Waals surface area contributed by atoms with E-state index in [1.54, 1.807) is 0 Å². The molecule has 0 radical (unpaired) electrons. The molecule has 9 rings (SSSR count). The maximum atomic E-state index is 11.7. The van der Waals surface area contributed by atoms with Crippen LogP contribution in [0, 0.1) is 64.1 Å². The number of allylic oxidation sites excluding steroid dienone is 1. The Hall–Kier alpha value is -0.580. The van der Waals surface area contributed by atoms with Crippen LogP contribution in [0.15, 0.2) is 12.3 Å². The second-order valence-corrected chi connectivity index (χ2v) is 16.1. The third-order valence-electron chi connectivity index (χ3n) is 15.1. The maximum absolute atomic E-state index is 11.7. The van der Waals surface area contributed by atoms with Gasteiger partial charge < -0.3 is 14.9 Å². The highest BCUT2D eigenvalue weighted by molar-refractivity contribution is 5.24. The van der Waals surface area contributed by atoms with E-state index >= 15 is 0 Å². The zero-order valence-corrected chi connectivity index (χ0v) is 22.9. The van der Waals surface area contributed by atoms with Crippen molar-refractivity contribution in [3.63, 3.8) is 0 Å². The molecule has 6 aliphatic carbocycles. The molecule has 4 bridgehead atoms. The van der Waals surface area contributed by atoms with Crippen molar-refractivity contribution in [1.82, 2.24) is 4.90 Å². The summed E-state index contributed by atoms with van der Waals surface area (Å²) in [6, 6.07) is 0.627. The molecule has 4 heteroatoms. The Kier molecular flexibility index (Phi) is 4.74. The number of ether oxygens (including phenoxy) is 1. The summed E-state index contributed by atoms with van der Waals surface area (Å²) in [6.07, 6.45) is 20.4. The molecule has 9 aliphatic rings.